The summed E-state index contributed by atoms with van der Waals surface area (Å²) >= 11 is 0. The Morgan fingerprint density at radius 2 is 1.80 bits per heavy atom. The molecule has 0 spiro atoms. The van der Waals surface area contributed by atoms with E-state index in [1.807, 2.05) is 0 Å². The fourth-order valence-corrected chi connectivity index (χ4v) is 6.91. The lowest BCUT2D eigenvalue weighted by Gasteiger charge is -2.34. The van der Waals surface area contributed by atoms with Gasteiger partial charge in [-0.15, -0.1) is 0 Å². The zero-order valence-electron chi connectivity index (χ0n) is 23.1. The molecule has 2 aromatic heterocycles. The van der Waals surface area contributed by atoms with Crippen LogP contribution in [0.25, 0.3) is 16.7 Å². The molecular weight excluding hydrogens is 551 g/mol. The molecule has 1 amide bonds. The smallest absolute Gasteiger partial charge is 0.304 e. The molecule has 1 aromatic carbocycles. The highest BCUT2D eigenvalue weighted by Gasteiger charge is 2.33. The molecule has 220 valence electrons. The van der Waals surface area contributed by atoms with Crippen molar-refractivity contribution in [2.45, 2.75) is 38.0 Å². The molecule has 41 heavy (non-hydrogen) atoms. The largest absolute Gasteiger partial charge is 0.384 e. The predicted octanol–water partition coefficient (Wildman–Crippen LogP) is 3.00. The summed E-state index contributed by atoms with van der Waals surface area (Å²) in [5.41, 5.74) is 2.76. The van der Waals surface area contributed by atoms with E-state index in [9.17, 15) is 17.6 Å². The zero-order valence-corrected chi connectivity index (χ0v) is 23.9. The Morgan fingerprint density at radius 3 is 2.44 bits per heavy atom. The van der Waals surface area contributed by atoms with Crippen molar-refractivity contribution in [2.24, 2.45) is 5.92 Å². The van der Waals surface area contributed by atoms with Crippen LogP contribution < -0.4 is 9.62 Å². The Bertz CT molecular complexity index is 1510. The minimum absolute atomic E-state index is 0.0215. The van der Waals surface area contributed by atoms with Gasteiger partial charge in [0.2, 0.25) is 0 Å². The van der Waals surface area contributed by atoms with Crippen LogP contribution in [0.4, 0.5) is 10.1 Å². The Kier molecular flexibility index (Phi) is 7.94. The normalized spacial score (nSPS) is 19.4. The van der Waals surface area contributed by atoms with Gasteiger partial charge in [-0.05, 0) is 61.9 Å². The van der Waals surface area contributed by atoms with E-state index < -0.39 is 16.1 Å². The van der Waals surface area contributed by atoms with E-state index >= 15 is 0 Å². The van der Waals surface area contributed by atoms with Crippen LogP contribution in [0.5, 0.6) is 0 Å². The van der Waals surface area contributed by atoms with Crippen LogP contribution in [0, 0.1) is 11.7 Å². The Morgan fingerprint density at radius 1 is 1.10 bits per heavy atom. The van der Waals surface area contributed by atoms with E-state index in [0.29, 0.717) is 23.9 Å². The van der Waals surface area contributed by atoms with Crippen LogP contribution in [-0.2, 0) is 19.7 Å². The molecule has 1 aliphatic carbocycles. The minimum Gasteiger partial charge on any atom is -0.384 e. The van der Waals surface area contributed by atoms with Gasteiger partial charge in [0, 0.05) is 45.8 Å². The van der Waals surface area contributed by atoms with Gasteiger partial charge in [0.25, 0.3) is 5.91 Å². The van der Waals surface area contributed by atoms with Gasteiger partial charge in [0.15, 0.2) is 5.65 Å². The maximum absolute atomic E-state index is 13.8. The molecule has 1 N–H and O–H groups in total. The monoisotopic (exact) mass is 586 g/mol. The number of piperidine rings is 1. The number of carbonyl (C=O) groups is 1. The maximum Gasteiger partial charge on any atom is 0.304 e. The average molecular weight is 587 g/mol. The van der Waals surface area contributed by atoms with E-state index in [1.54, 1.807) is 30.0 Å². The molecule has 3 fully saturated rings. The van der Waals surface area contributed by atoms with Crippen molar-refractivity contribution < 1.29 is 27.1 Å². The summed E-state index contributed by atoms with van der Waals surface area (Å²) in [6.45, 7) is 3.07. The van der Waals surface area contributed by atoms with Crippen molar-refractivity contribution in [2.75, 3.05) is 58.0 Å². The molecule has 1 saturated carbocycles. The SMILES string of the molecule is COCC1CCN(c2cc(C(=O)NS(=O)(=O)N3CCOCC3)nc3c2c(C2CCC2)nn3-c2ccc(F)cc2)CC1. The van der Waals surface area contributed by atoms with Crippen LogP contribution in [-0.4, -0.2) is 86.5 Å². The van der Waals surface area contributed by atoms with Crippen molar-refractivity contribution in [3.05, 3.63) is 47.5 Å². The van der Waals surface area contributed by atoms with Crippen molar-refractivity contribution in [1.29, 1.82) is 0 Å². The molecule has 11 nitrogen and oxygen atoms in total. The second-order valence-electron chi connectivity index (χ2n) is 11.0. The molecule has 4 heterocycles. The summed E-state index contributed by atoms with van der Waals surface area (Å²) in [6.07, 6.45) is 4.97. The van der Waals surface area contributed by atoms with Crippen LogP contribution in [0.3, 0.4) is 0 Å². The molecule has 3 aromatic rings. The number of amides is 1. The van der Waals surface area contributed by atoms with Crippen LogP contribution in [0.1, 0.15) is 54.2 Å². The number of ether oxygens (including phenoxy) is 2. The van der Waals surface area contributed by atoms with Gasteiger partial charge in [0.05, 0.1) is 35.7 Å². The maximum atomic E-state index is 13.8. The lowest BCUT2D eigenvalue weighted by Crippen LogP contribution is -2.48. The van der Waals surface area contributed by atoms with E-state index in [0.717, 1.165) is 62.0 Å². The first-order valence-electron chi connectivity index (χ1n) is 14.2. The molecule has 13 heteroatoms. The Balaban J connectivity index is 1.45. The molecule has 0 bridgehead atoms. The number of anilines is 1. The molecule has 2 aliphatic heterocycles. The van der Waals surface area contributed by atoms with Crippen molar-refractivity contribution in [3.63, 3.8) is 0 Å². The third-order valence-electron chi connectivity index (χ3n) is 8.33. The summed E-state index contributed by atoms with van der Waals surface area (Å²) in [5.74, 6) is -0.480. The first kappa shape index (κ1) is 28.0. The average Bonchev–Trinajstić information content (AvgIpc) is 3.32. The van der Waals surface area contributed by atoms with Gasteiger partial charge in [-0.3, -0.25) is 4.79 Å². The highest BCUT2D eigenvalue weighted by molar-refractivity contribution is 7.87. The number of methoxy groups -OCH3 is 1. The molecule has 0 atom stereocenters. The second-order valence-corrected chi connectivity index (χ2v) is 12.6. The van der Waals surface area contributed by atoms with Gasteiger partial charge >= 0.3 is 10.2 Å². The molecular formula is C28H35FN6O5S. The lowest BCUT2D eigenvalue weighted by atomic mass is 9.82. The summed E-state index contributed by atoms with van der Waals surface area (Å²) in [5, 5.41) is 5.83. The highest BCUT2D eigenvalue weighted by atomic mass is 32.2. The van der Waals surface area contributed by atoms with Gasteiger partial charge in [-0.25, -0.2) is 18.8 Å². The Labute approximate surface area is 238 Å². The van der Waals surface area contributed by atoms with Crippen LogP contribution in [0.2, 0.25) is 0 Å². The number of carbonyl (C=O) groups excluding carboxylic acids is 1. The molecule has 3 aliphatic rings. The fourth-order valence-electron chi connectivity index (χ4n) is 5.82. The third-order valence-corrected chi connectivity index (χ3v) is 9.82. The first-order chi connectivity index (χ1) is 19.8. The van der Waals surface area contributed by atoms with Crippen molar-refractivity contribution >= 4 is 32.8 Å². The number of pyridine rings is 1. The highest BCUT2D eigenvalue weighted by Crippen LogP contribution is 2.43. The van der Waals surface area contributed by atoms with Crippen LogP contribution in [0.15, 0.2) is 30.3 Å². The number of rotatable bonds is 8. The number of halogens is 1. The topological polar surface area (TPSA) is 119 Å². The number of fused-ring (bicyclic) bond motifs is 1. The number of hydrogen-bond donors (Lipinski definition) is 1. The van der Waals surface area contributed by atoms with E-state index in [4.69, 9.17) is 19.6 Å². The van der Waals surface area contributed by atoms with E-state index in [-0.39, 0.29) is 43.7 Å². The quantitative estimate of drug-likeness (QED) is 0.428. The summed E-state index contributed by atoms with van der Waals surface area (Å²) < 4.78 is 55.5. The van der Waals surface area contributed by atoms with Crippen molar-refractivity contribution in [1.82, 2.24) is 23.8 Å². The zero-order chi connectivity index (χ0) is 28.6. The summed E-state index contributed by atoms with van der Waals surface area (Å²) in [7, 11) is -2.37. The molecule has 2 saturated heterocycles. The van der Waals surface area contributed by atoms with Crippen molar-refractivity contribution in [3.8, 4) is 5.69 Å². The van der Waals surface area contributed by atoms with Gasteiger partial charge in [0.1, 0.15) is 11.5 Å². The summed E-state index contributed by atoms with van der Waals surface area (Å²) in [4.78, 5) is 20.4. The van der Waals surface area contributed by atoms with E-state index in [2.05, 4.69) is 9.62 Å². The molecule has 0 unspecified atom stereocenters. The number of benzene rings is 1. The first-order valence-corrected chi connectivity index (χ1v) is 15.6. The molecule has 6 rings (SSSR count). The fraction of sp³-hybridized carbons (Fsp3) is 0.536. The number of nitrogens with zero attached hydrogens (tertiary/aromatic N) is 5. The van der Waals surface area contributed by atoms with E-state index in [1.165, 1.54) is 16.4 Å². The standard InChI is InChI=1S/C28H35FN6O5S/c1-39-18-19-9-11-33(12-10-19)24-17-23(28(36)32-41(37,38)34-13-15-40-16-14-34)30-27-25(24)26(20-3-2-4-20)31-35(27)22-7-5-21(29)6-8-22/h5-8,17,19-20H,2-4,9-16,18H2,1H3,(H,32,36). The van der Waals surface area contributed by atoms with Gasteiger partial charge < -0.3 is 14.4 Å². The summed E-state index contributed by atoms with van der Waals surface area (Å²) in [6, 6.07) is 7.67. The van der Waals surface area contributed by atoms with Gasteiger partial charge in [-0.1, -0.05) is 6.42 Å². The number of morpholine rings is 1. The number of nitrogens with one attached hydrogen (secondary N) is 1. The minimum atomic E-state index is -4.08. The van der Waals surface area contributed by atoms with Gasteiger partial charge in [-0.2, -0.15) is 17.8 Å². The second kappa shape index (κ2) is 11.6. The predicted molar refractivity (Wildman–Crippen MR) is 151 cm³/mol. The lowest BCUT2D eigenvalue weighted by molar-refractivity contribution is 0.0718. The third kappa shape index (κ3) is 5.68. The Hall–Kier alpha value is -3.13. The number of aromatic nitrogens is 3. The molecule has 0 radical (unpaired) electrons. The number of hydrogen-bond acceptors (Lipinski definition) is 8. The van der Waals surface area contributed by atoms with Crippen LogP contribution >= 0.6 is 0 Å².